The van der Waals surface area contributed by atoms with Gasteiger partial charge in [-0.2, -0.15) is 30.0 Å². The molecule has 0 fully saturated rings. The quantitative estimate of drug-likeness (QED) is 0.475. The van der Waals surface area contributed by atoms with Crippen LogP contribution in [0.1, 0.15) is 0 Å². The molecule has 28 heavy (non-hydrogen) atoms. The van der Waals surface area contributed by atoms with E-state index in [4.69, 9.17) is 0 Å². The van der Waals surface area contributed by atoms with Crippen molar-refractivity contribution in [1.29, 1.82) is 0 Å². The van der Waals surface area contributed by atoms with Crippen molar-refractivity contribution in [3.8, 4) is 11.5 Å². The van der Waals surface area contributed by atoms with E-state index < -0.39 is 41.3 Å². The van der Waals surface area contributed by atoms with Gasteiger partial charge in [-0.3, -0.25) is 0 Å². The molecule has 0 aromatic heterocycles. The van der Waals surface area contributed by atoms with E-state index in [9.17, 15) is 38.4 Å². The number of benzene rings is 2. The number of rotatable bonds is 6. The van der Waals surface area contributed by atoms with E-state index in [0.29, 0.717) is 0 Å². The predicted octanol–water partition coefficient (Wildman–Crippen LogP) is 2.09. The lowest BCUT2D eigenvalue weighted by Crippen LogP contribution is -2.28. The average molecular weight is 460 g/mol. The first-order chi connectivity index (χ1) is 12.6. The predicted molar refractivity (Wildman–Crippen MR) is 89.4 cm³/mol. The minimum Gasteiger partial charge on any atom is -0.383 e. The van der Waals surface area contributed by atoms with Crippen LogP contribution in [0.15, 0.2) is 58.3 Å². The van der Waals surface area contributed by atoms with Crippen molar-refractivity contribution in [2.45, 2.75) is 15.3 Å². The van der Waals surface area contributed by atoms with Crippen LogP contribution < -0.4 is 8.37 Å². The van der Waals surface area contributed by atoms with E-state index in [1.54, 1.807) is 0 Å². The van der Waals surface area contributed by atoms with Gasteiger partial charge < -0.3 is 8.37 Å². The van der Waals surface area contributed by atoms with Crippen molar-refractivity contribution in [1.82, 2.24) is 0 Å². The maximum Gasteiger partial charge on any atom is 0.534 e. The van der Waals surface area contributed by atoms with E-state index in [2.05, 4.69) is 8.37 Å². The monoisotopic (exact) mass is 460 g/mol. The molecular weight excluding hydrogens is 449 g/mol. The van der Waals surface area contributed by atoms with E-state index in [1.165, 1.54) is 0 Å². The van der Waals surface area contributed by atoms with Gasteiger partial charge in [0.25, 0.3) is 0 Å². The lowest BCUT2D eigenvalue weighted by molar-refractivity contribution is -0.0500. The lowest BCUT2D eigenvalue weighted by Gasteiger charge is -2.10. The normalized spacial score (nSPS) is 13.1. The van der Waals surface area contributed by atoms with Gasteiger partial charge in [-0.15, -0.1) is 0 Å². The Bertz CT molecular complexity index is 1170. The first-order valence-corrected chi connectivity index (χ1v) is 11.7. The summed E-state index contributed by atoms with van der Waals surface area (Å²) in [5.74, 6) is -0.851. The van der Waals surface area contributed by atoms with E-state index in [-0.39, 0.29) is 15.5 Å². The molecule has 0 saturated heterocycles. The summed E-state index contributed by atoms with van der Waals surface area (Å²) in [7, 11) is -13.8. The lowest BCUT2D eigenvalue weighted by atomic mass is 10.3. The molecule has 0 amide bonds. The van der Waals surface area contributed by atoms with Crippen molar-refractivity contribution in [3.63, 3.8) is 0 Å². The molecule has 2 aromatic rings. The largest absolute Gasteiger partial charge is 0.534 e. The molecule has 0 unspecified atom stereocenters. The van der Waals surface area contributed by atoms with Gasteiger partial charge in [0, 0.05) is 0 Å². The molecular formula is C14H11F3O8S3. The van der Waals surface area contributed by atoms with Gasteiger partial charge >= 0.3 is 25.7 Å². The zero-order valence-electron chi connectivity index (χ0n) is 13.7. The zero-order valence-corrected chi connectivity index (χ0v) is 16.2. The maximum absolute atomic E-state index is 12.5. The van der Waals surface area contributed by atoms with Crippen LogP contribution in [0.5, 0.6) is 11.5 Å². The number of hydrogen-bond acceptors (Lipinski definition) is 8. The number of hydrogen-bond donors (Lipinski definition) is 0. The van der Waals surface area contributed by atoms with Gasteiger partial charge in [-0.1, -0.05) is 0 Å². The molecule has 8 nitrogen and oxygen atoms in total. The second-order valence-corrected chi connectivity index (χ2v) is 10.3. The minimum atomic E-state index is -5.88. The van der Waals surface area contributed by atoms with Gasteiger partial charge in [0.15, 0.2) is 0 Å². The van der Waals surface area contributed by atoms with Crippen LogP contribution in [0, 0.1) is 0 Å². The molecule has 0 aliphatic carbocycles. The average Bonchev–Trinajstić information content (AvgIpc) is 2.53. The molecule has 0 bridgehead atoms. The Morgan fingerprint density at radius 1 is 0.679 bits per heavy atom. The number of sulfone groups is 1. The Balaban J connectivity index is 2.27. The van der Waals surface area contributed by atoms with E-state index >= 15 is 0 Å². The summed E-state index contributed by atoms with van der Waals surface area (Å²) in [4.78, 5) is -0.619. The third-order valence-electron chi connectivity index (χ3n) is 3.01. The second kappa shape index (κ2) is 7.25. The van der Waals surface area contributed by atoms with Crippen molar-refractivity contribution in [3.05, 3.63) is 48.5 Å². The Kier molecular flexibility index (Phi) is 5.69. The summed E-state index contributed by atoms with van der Waals surface area (Å²) >= 11 is 0. The molecule has 0 aliphatic heterocycles. The Morgan fingerprint density at radius 2 is 1.04 bits per heavy atom. The molecule has 0 aliphatic rings. The Morgan fingerprint density at radius 3 is 1.36 bits per heavy atom. The summed E-state index contributed by atoms with van der Waals surface area (Å²) < 4.78 is 114. The second-order valence-electron chi connectivity index (χ2n) is 5.22. The summed E-state index contributed by atoms with van der Waals surface area (Å²) in [6.07, 6.45) is 0.806. The summed E-state index contributed by atoms with van der Waals surface area (Å²) in [6, 6.07) is 7.54. The fourth-order valence-electron chi connectivity index (χ4n) is 1.83. The van der Waals surface area contributed by atoms with Gasteiger partial charge in [0.1, 0.15) is 11.5 Å². The fourth-order valence-corrected chi connectivity index (χ4v) is 4.01. The highest BCUT2D eigenvalue weighted by atomic mass is 32.2. The first-order valence-electron chi connectivity index (χ1n) is 6.97. The van der Waals surface area contributed by atoms with E-state index in [1.807, 2.05) is 0 Å². The third kappa shape index (κ3) is 5.14. The molecule has 14 heteroatoms. The van der Waals surface area contributed by atoms with Gasteiger partial charge in [0.05, 0.1) is 16.0 Å². The minimum absolute atomic E-state index is 0.123. The van der Waals surface area contributed by atoms with Gasteiger partial charge in [0.2, 0.25) is 9.84 Å². The molecule has 0 atom stereocenters. The molecule has 0 saturated carbocycles. The van der Waals surface area contributed by atoms with Gasteiger partial charge in [-0.25, -0.2) is 8.42 Å². The third-order valence-corrected chi connectivity index (χ3v) is 6.26. The van der Waals surface area contributed by atoms with Crippen LogP contribution in [0.4, 0.5) is 13.2 Å². The zero-order chi connectivity index (χ0) is 21.4. The fraction of sp³-hybridized carbons (Fsp3) is 0.143. The highest BCUT2D eigenvalue weighted by Crippen LogP contribution is 2.29. The molecule has 0 spiro atoms. The summed E-state index contributed by atoms with van der Waals surface area (Å²) in [5, 5.41) is 0. The summed E-state index contributed by atoms with van der Waals surface area (Å²) in [6.45, 7) is 0. The molecule has 154 valence electrons. The number of halogens is 3. The Hall–Kier alpha value is -2.32. The summed E-state index contributed by atoms with van der Waals surface area (Å²) in [5.41, 5.74) is -5.63. The highest BCUT2D eigenvalue weighted by Gasteiger charge is 2.48. The molecule has 0 radical (unpaired) electrons. The van der Waals surface area contributed by atoms with Crippen LogP contribution in [0.2, 0.25) is 0 Å². The molecule has 2 aromatic carbocycles. The van der Waals surface area contributed by atoms with Crippen LogP contribution in [0.3, 0.4) is 0 Å². The van der Waals surface area contributed by atoms with Crippen LogP contribution in [-0.4, -0.2) is 37.0 Å². The van der Waals surface area contributed by atoms with Crippen molar-refractivity contribution in [2.24, 2.45) is 0 Å². The van der Waals surface area contributed by atoms with Gasteiger partial charge in [-0.05, 0) is 48.5 Å². The van der Waals surface area contributed by atoms with Crippen LogP contribution in [-0.2, 0) is 30.1 Å². The topological polar surface area (TPSA) is 121 Å². The van der Waals surface area contributed by atoms with Crippen molar-refractivity contribution in [2.75, 3.05) is 6.26 Å². The van der Waals surface area contributed by atoms with E-state index in [0.717, 1.165) is 54.8 Å². The maximum atomic E-state index is 12.5. The Labute approximate surface area is 158 Å². The smallest absolute Gasteiger partial charge is 0.383 e. The molecule has 0 heterocycles. The standard InChI is InChI=1S/C14H11F3O8S3/c1-26(18,19)24-10-2-6-12(7-3-10)27(20,21)13-8-4-11(5-9-13)25-28(22,23)14(15,16)17/h2-9H,1H3. The van der Waals surface area contributed by atoms with Crippen LogP contribution >= 0.6 is 0 Å². The van der Waals surface area contributed by atoms with Crippen LogP contribution in [0.25, 0.3) is 0 Å². The molecule has 2 rings (SSSR count). The number of alkyl halides is 3. The van der Waals surface area contributed by atoms with Crippen molar-refractivity contribution < 1.29 is 46.8 Å². The molecule has 0 N–H and O–H groups in total. The highest BCUT2D eigenvalue weighted by molar-refractivity contribution is 7.91. The SMILES string of the molecule is CS(=O)(=O)Oc1ccc(S(=O)(=O)c2ccc(OS(=O)(=O)C(F)(F)F)cc2)cc1. The first kappa shape index (κ1) is 22.0. The van der Waals surface area contributed by atoms with Crippen molar-refractivity contribution >= 4 is 30.1 Å².